The van der Waals surface area contributed by atoms with E-state index in [1.165, 1.54) is 0 Å². The number of aliphatic hydroxyl groups excluding tert-OH is 1. The minimum absolute atomic E-state index is 0.000231. The van der Waals surface area contributed by atoms with Gasteiger partial charge in [0, 0.05) is 29.3 Å². The molecule has 0 aromatic heterocycles. The van der Waals surface area contributed by atoms with Gasteiger partial charge in [-0.05, 0) is 38.5 Å². The van der Waals surface area contributed by atoms with Crippen molar-refractivity contribution in [2.24, 2.45) is 0 Å². The van der Waals surface area contributed by atoms with Crippen LogP contribution in [-0.2, 0) is 0 Å². The molecule has 3 nitrogen and oxygen atoms in total. The molecule has 1 aromatic carbocycles. The fraction of sp³-hybridized carbons (Fsp3) is 0.500. The van der Waals surface area contributed by atoms with Crippen LogP contribution in [0.4, 0.5) is 0 Å². The van der Waals surface area contributed by atoms with Crippen molar-refractivity contribution in [3.05, 3.63) is 28.8 Å². The predicted molar refractivity (Wildman–Crippen MR) is 65.8 cm³/mol. The average molecular weight is 244 g/mol. The molecule has 4 heteroatoms. The SMILES string of the molecule is CC(CCO)NC(C)c1cc(Cl)ccc1O. The molecule has 0 saturated carbocycles. The van der Waals surface area contributed by atoms with E-state index < -0.39 is 0 Å². The first-order chi connectivity index (χ1) is 7.54. The first kappa shape index (κ1) is 13.3. The summed E-state index contributed by atoms with van der Waals surface area (Å²) in [6.45, 7) is 4.11. The van der Waals surface area contributed by atoms with E-state index in [2.05, 4.69) is 5.32 Å². The number of nitrogens with one attached hydrogen (secondary N) is 1. The highest BCUT2D eigenvalue weighted by atomic mass is 35.5. The highest BCUT2D eigenvalue weighted by Crippen LogP contribution is 2.27. The third-order valence-electron chi connectivity index (χ3n) is 2.55. The molecule has 0 saturated heterocycles. The maximum atomic E-state index is 9.70. The Morgan fingerprint density at radius 3 is 2.69 bits per heavy atom. The molecule has 0 amide bonds. The number of phenolic OH excluding ortho intramolecular Hbond substituents is 1. The molecule has 2 atom stereocenters. The summed E-state index contributed by atoms with van der Waals surface area (Å²) in [5.41, 5.74) is 0.775. The van der Waals surface area contributed by atoms with Crippen molar-refractivity contribution >= 4 is 11.6 Å². The molecule has 0 aliphatic heterocycles. The van der Waals surface area contributed by atoms with Gasteiger partial charge in [0.2, 0.25) is 0 Å². The van der Waals surface area contributed by atoms with Crippen LogP contribution in [-0.4, -0.2) is 22.9 Å². The number of benzene rings is 1. The molecule has 0 aliphatic rings. The van der Waals surface area contributed by atoms with Gasteiger partial charge in [0.05, 0.1) is 0 Å². The van der Waals surface area contributed by atoms with Gasteiger partial charge in [-0.2, -0.15) is 0 Å². The highest BCUT2D eigenvalue weighted by molar-refractivity contribution is 6.30. The monoisotopic (exact) mass is 243 g/mol. The Kier molecular flexibility index (Phi) is 5.06. The van der Waals surface area contributed by atoms with Crippen molar-refractivity contribution in [2.75, 3.05) is 6.61 Å². The van der Waals surface area contributed by atoms with Gasteiger partial charge < -0.3 is 15.5 Å². The summed E-state index contributed by atoms with van der Waals surface area (Å²) in [4.78, 5) is 0. The first-order valence-corrected chi connectivity index (χ1v) is 5.77. The second-order valence-electron chi connectivity index (χ2n) is 4.00. The summed E-state index contributed by atoms with van der Waals surface area (Å²) >= 11 is 5.88. The smallest absolute Gasteiger partial charge is 0.120 e. The highest BCUT2D eigenvalue weighted by Gasteiger charge is 2.13. The third kappa shape index (κ3) is 3.67. The molecule has 0 heterocycles. The lowest BCUT2D eigenvalue weighted by molar-refractivity contribution is 0.264. The van der Waals surface area contributed by atoms with E-state index in [0.717, 1.165) is 5.56 Å². The van der Waals surface area contributed by atoms with Crippen molar-refractivity contribution in [3.8, 4) is 5.75 Å². The summed E-state index contributed by atoms with van der Waals surface area (Å²) in [6, 6.07) is 5.19. The van der Waals surface area contributed by atoms with Gasteiger partial charge in [0.1, 0.15) is 5.75 Å². The quantitative estimate of drug-likeness (QED) is 0.745. The Labute approximate surface area is 101 Å². The summed E-state index contributed by atoms with van der Waals surface area (Å²) in [5, 5.41) is 22.4. The van der Waals surface area contributed by atoms with Crippen LogP contribution in [0.5, 0.6) is 5.75 Å². The standard InChI is InChI=1S/C12H18ClNO2/c1-8(5-6-15)14-9(2)11-7-10(13)3-4-12(11)16/h3-4,7-9,14-16H,5-6H2,1-2H3. The molecular weight excluding hydrogens is 226 g/mol. The molecule has 1 rings (SSSR count). The van der Waals surface area contributed by atoms with Crippen LogP contribution in [0, 0.1) is 0 Å². The fourth-order valence-electron chi connectivity index (χ4n) is 1.67. The van der Waals surface area contributed by atoms with E-state index in [4.69, 9.17) is 16.7 Å². The third-order valence-corrected chi connectivity index (χ3v) is 2.79. The lowest BCUT2D eigenvalue weighted by Gasteiger charge is -2.20. The lowest BCUT2D eigenvalue weighted by Crippen LogP contribution is -2.29. The van der Waals surface area contributed by atoms with Crippen molar-refractivity contribution < 1.29 is 10.2 Å². The van der Waals surface area contributed by atoms with E-state index in [-0.39, 0.29) is 24.4 Å². The summed E-state index contributed by atoms with van der Waals surface area (Å²) in [6.07, 6.45) is 0.686. The van der Waals surface area contributed by atoms with E-state index in [9.17, 15) is 5.11 Å². The van der Waals surface area contributed by atoms with E-state index in [1.807, 2.05) is 13.8 Å². The Hall–Kier alpha value is -0.770. The molecular formula is C12H18ClNO2. The van der Waals surface area contributed by atoms with Crippen molar-refractivity contribution in [3.63, 3.8) is 0 Å². The molecule has 1 aromatic rings. The Bertz CT molecular complexity index is 344. The Balaban J connectivity index is 2.72. The van der Waals surface area contributed by atoms with Crippen LogP contribution < -0.4 is 5.32 Å². The molecule has 16 heavy (non-hydrogen) atoms. The molecule has 90 valence electrons. The van der Waals surface area contributed by atoms with Gasteiger partial charge in [-0.3, -0.25) is 0 Å². The number of phenols is 1. The van der Waals surface area contributed by atoms with E-state index in [0.29, 0.717) is 11.4 Å². The van der Waals surface area contributed by atoms with Crippen LogP contribution in [0.3, 0.4) is 0 Å². The molecule has 2 unspecified atom stereocenters. The summed E-state index contributed by atoms with van der Waals surface area (Å²) < 4.78 is 0. The van der Waals surface area contributed by atoms with Crippen LogP contribution >= 0.6 is 11.6 Å². The zero-order chi connectivity index (χ0) is 12.1. The molecule has 0 aliphatic carbocycles. The first-order valence-electron chi connectivity index (χ1n) is 5.40. The number of rotatable bonds is 5. The van der Waals surface area contributed by atoms with Gasteiger partial charge in [-0.25, -0.2) is 0 Å². The minimum atomic E-state index is 0.000231. The molecule has 3 N–H and O–H groups in total. The van der Waals surface area contributed by atoms with Crippen molar-refractivity contribution in [2.45, 2.75) is 32.4 Å². The zero-order valence-electron chi connectivity index (χ0n) is 9.57. The van der Waals surface area contributed by atoms with Gasteiger partial charge in [-0.15, -0.1) is 0 Å². The average Bonchev–Trinajstić information content (AvgIpc) is 2.21. The van der Waals surface area contributed by atoms with Crippen LogP contribution in [0.25, 0.3) is 0 Å². The van der Waals surface area contributed by atoms with Gasteiger partial charge in [-0.1, -0.05) is 11.6 Å². The van der Waals surface area contributed by atoms with Gasteiger partial charge in [0.25, 0.3) is 0 Å². The number of hydrogen-bond acceptors (Lipinski definition) is 3. The van der Waals surface area contributed by atoms with E-state index >= 15 is 0 Å². The Morgan fingerprint density at radius 1 is 1.38 bits per heavy atom. The zero-order valence-corrected chi connectivity index (χ0v) is 10.3. The van der Waals surface area contributed by atoms with Crippen molar-refractivity contribution in [1.82, 2.24) is 5.32 Å². The maximum absolute atomic E-state index is 9.70. The molecule has 0 fully saturated rings. The second-order valence-corrected chi connectivity index (χ2v) is 4.44. The second kappa shape index (κ2) is 6.09. The fourth-order valence-corrected chi connectivity index (χ4v) is 1.85. The van der Waals surface area contributed by atoms with Crippen LogP contribution in [0.15, 0.2) is 18.2 Å². The number of aromatic hydroxyl groups is 1. The molecule has 0 radical (unpaired) electrons. The largest absolute Gasteiger partial charge is 0.508 e. The summed E-state index contributed by atoms with van der Waals surface area (Å²) in [7, 11) is 0. The minimum Gasteiger partial charge on any atom is -0.508 e. The van der Waals surface area contributed by atoms with Gasteiger partial charge >= 0.3 is 0 Å². The van der Waals surface area contributed by atoms with Crippen LogP contribution in [0.2, 0.25) is 5.02 Å². The summed E-state index contributed by atoms with van der Waals surface area (Å²) in [5.74, 6) is 0.237. The number of aliphatic hydroxyl groups is 1. The van der Waals surface area contributed by atoms with Crippen LogP contribution in [0.1, 0.15) is 31.9 Å². The normalized spacial score (nSPS) is 14.8. The Morgan fingerprint density at radius 2 is 2.06 bits per heavy atom. The van der Waals surface area contributed by atoms with Gasteiger partial charge in [0.15, 0.2) is 0 Å². The number of hydrogen-bond donors (Lipinski definition) is 3. The molecule has 0 spiro atoms. The van der Waals surface area contributed by atoms with Crippen molar-refractivity contribution in [1.29, 1.82) is 0 Å². The number of halogens is 1. The topological polar surface area (TPSA) is 52.5 Å². The molecule has 0 bridgehead atoms. The lowest BCUT2D eigenvalue weighted by atomic mass is 10.1. The van der Waals surface area contributed by atoms with E-state index in [1.54, 1.807) is 18.2 Å². The maximum Gasteiger partial charge on any atom is 0.120 e. The predicted octanol–water partition coefficient (Wildman–Crippen LogP) is 2.47.